The molecule has 0 fully saturated rings. The number of allylic oxidation sites excluding steroid dienone is 1. The van der Waals surface area contributed by atoms with Gasteiger partial charge < -0.3 is 11.1 Å². The fraction of sp³-hybridized carbons (Fsp3) is 0.0952. The van der Waals surface area contributed by atoms with Gasteiger partial charge in [0, 0.05) is 30.5 Å². The Morgan fingerprint density at radius 3 is 2.83 bits per heavy atom. The van der Waals surface area contributed by atoms with Crippen molar-refractivity contribution in [1.29, 1.82) is 5.26 Å². The molecule has 3 N–H and O–H groups in total. The molecular weight excluding hydrogens is 366 g/mol. The van der Waals surface area contributed by atoms with Gasteiger partial charge in [-0.15, -0.1) is 0 Å². The average Bonchev–Trinajstić information content (AvgIpc) is 3.29. The third-order valence-electron chi connectivity index (χ3n) is 4.19. The van der Waals surface area contributed by atoms with Crippen LogP contribution in [0.15, 0.2) is 77.7 Å². The molecule has 8 nitrogen and oxygen atoms in total. The Kier molecular flexibility index (Phi) is 5.80. The van der Waals surface area contributed by atoms with Crippen molar-refractivity contribution in [3.63, 3.8) is 0 Å². The Labute approximate surface area is 167 Å². The number of aliphatic imine (C=N–C) groups is 1. The molecule has 1 amide bonds. The lowest BCUT2D eigenvalue weighted by Crippen LogP contribution is -2.31. The second-order valence-electron chi connectivity index (χ2n) is 6.16. The number of amidine groups is 1. The van der Waals surface area contributed by atoms with Crippen LogP contribution in [-0.2, 0) is 11.3 Å². The van der Waals surface area contributed by atoms with E-state index in [0.29, 0.717) is 5.57 Å². The Morgan fingerprint density at radius 1 is 1.31 bits per heavy atom. The molecule has 0 unspecified atom stereocenters. The van der Waals surface area contributed by atoms with E-state index in [1.54, 1.807) is 31.6 Å². The molecular formula is C21H19N7O. The first-order chi connectivity index (χ1) is 14.0. The lowest BCUT2D eigenvalue weighted by Gasteiger charge is -2.10. The summed E-state index contributed by atoms with van der Waals surface area (Å²) in [5.74, 6) is -0.338. The number of benzene rings is 1. The molecule has 0 aliphatic rings. The van der Waals surface area contributed by atoms with Crippen LogP contribution in [0.25, 0.3) is 16.7 Å². The number of nitrogens with one attached hydrogen (secondary N) is 1. The quantitative estimate of drug-likeness (QED) is 0.292. The molecule has 0 radical (unpaired) electrons. The summed E-state index contributed by atoms with van der Waals surface area (Å²) in [6, 6.07) is 13.3. The zero-order chi connectivity index (χ0) is 20.8. The summed E-state index contributed by atoms with van der Waals surface area (Å²) >= 11 is 0. The van der Waals surface area contributed by atoms with Gasteiger partial charge in [0.05, 0.1) is 22.7 Å². The van der Waals surface area contributed by atoms with Crippen molar-refractivity contribution in [3.8, 4) is 6.07 Å². The monoisotopic (exact) mass is 385 g/mol. The number of carbonyl (C=O) groups excluding carboxylic acids is 1. The number of aromatic nitrogens is 3. The van der Waals surface area contributed by atoms with Crippen molar-refractivity contribution in [2.75, 3.05) is 0 Å². The minimum Gasteiger partial charge on any atom is -0.383 e. The fourth-order valence-electron chi connectivity index (χ4n) is 2.64. The molecule has 2 heterocycles. The molecule has 3 aromatic rings. The maximum absolute atomic E-state index is 12.5. The van der Waals surface area contributed by atoms with E-state index in [4.69, 9.17) is 5.73 Å². The molecule has 0 aliphatic heterocycles. The third kappa shape index (κ3) is 4.36. The highest BCUT2D eigenvalue weighted by atomic mass is 16.1. The molecule has 0 atom stereocenters. The molecule has 0 bridgehead atoms. The van der Waals surface area contributed by atoms with E-state index in [9.17, 15) is 10.1 Å². The van der Waals surface area contributed by atoms with Gasteiger partial charge in [0.1, 0.15) is 5.84 Å². The standard InChI is InChI=1S/C21H19N7O/c1-14(12-22)20(28-11-5-10-26-28)27-19(23)15(2)21(29)25-13-17-7-3-6-16-8-4-9-24-18(16)17/h3-11H,2,13H2,1H3,(H2,23,27)(H,25,29)/b20-14-. The van der Waals surface area contributed by atoms with Crippen LogP contribution in [0.1, 0.15) is 12.5 Å². The Hall–Kier alpha value is -4.25. The SMILES string of the molecule is C=C(C(=O)NCc1cccc2cccnc12)/C(N)=N\C(=C(/C)C#N)n1cccn1. The van der Waals surface area contributed by atoms with Gasteiger partial charge >= 0.3 is 0 Å². The number of para-hydroxylation sites is 1. The summed E-state index contributed by atoms with van der Waals surface area (Å²) in [6.45, 7) is 5.58. The molecule has 0 saturated carbocycles. The number of amides is 1. The molecule has 144 valence electrons. The number of nitrogens with zero attached hydrogens (tertiary/aromatic N) is 5. The number of carbonyl (C=O) groups is 1. The third-order valence-corrected chi connectivity index (χ3v) is 4.19. The smallest absolute Gasteiger partial charge is 0.254 e. The van der Waals surface area contributed by atoms with Crippen LogP contribution in [0.2, 0.25) is 0 Å². The largest absolute Gasteiger partial charge is 0.383 e. The van der Waals surface area contributed by atoms with Crippen LogP contribution in [0.3, 0.4) is 0 Å². The van der Waals surface area contributed by atoms with Crippen LogP contribution in [-0.4, -0.2) is 26.5 Å². The molecule has 29 heavy (non-hydrogen) atoms. The van der Waals surface area contributed by atoms with Crippen molar-refractivity contribution in [2.24, 2.45) is 10.7 Å². The molecule has 0 saturated heterocycles. The highest BCUT2D eigenvalue weighted by Gasteiger charge is 2.14. The summed E-state index contributed by atoms with van der Waals surface area (Å²) in [6.07, 6.45) is 4.89. The second-order valence-corrected chi connectivity index (χ2v) is 6.16. The van der Waals surface area contributed by atoms with E-state index in [1.165, 1.54) is 4.68 Å². The normalized spacial score (nSPS) is 12.2. The van der Waals surface area contributed by atoms with Gasteiger partial charge in [0.15, 0.2) is 5.82 Å². The average molecular weight is 385 g/mol. The van der Waals surface area contributed by atoms with Crippen LogP contribution in [0.5, 0.6) is 0 Å². The van der Waals surface area contributed by atoms with E-state index >= 15 is 0 Å². The topological polar surface area (TPSA) is 122 Å². The number of nitriles is 1. The maximum Gasteiger partial charge on any atom is 0.254 e. The van der Waals surface area contributed by atoms with E-state index in [-0.39, 0.29) is 23.8 Å². The highest BCUT2D eigenvalue weighted by molar-refractivity contribution is 6.20. The van der Waals surface area contributed by atoms with Gasteiger partial charge in [-0.25, -0.2) is 9.67 Å². The first kappa shape index (κ1) is 19.5. The van der Waals surface area contributed by atoms with Crippen molar-refractivity contribution < 1.29 is 4.79 Å². The van der Waals surface area contributed by atoms with Gasteiger partial charge in [-0.05, 0) is 24.6 Å². The Bertz CT molecular complexity index is 1160. The van der Waals surface area contributed by atoms with Crippen molar-refractivity contribution in [1.82, 2.24) is 20.1 Å². The number of rotatable bonds is 6. The molecule has 0 spiro atoms. The molecule has 1 aromatic carbocycles. The maximum atomic E-state index is 12.5. The minimum absolute atomic E-state index is 0.00593. The number of pyridine rings is 1. The van der Waals surface area contributed by atoms with Crippen molar-refractivity contribution >= 4 is 28.5 Å². The van der Waals surface area contributed by atoms with Crippen LogP contribution in [0, 0.1) is 11.3 Å². The van der Waals surface area contributed by atoms with E-state index in [2.05, 4.69) is 27.0 Å². The van der Waals surface area contributed by atoms with E-state index in [1.807, 2.05) is 36.4 Å². The minimum atomic E-state index is -0.464. The van der Waals surface area contributed by atoms with Gasteiger partial charge in [-0.3, -0.25) is 9.78 Å². The molecule has 8 heteroatoms. The fourth-order valence-corrected chi connectivity index (χ4v) is 2.64. The first-order valence-corrected chi connectivity index (χ1v) is 8.76. The molecule has 3 rings (SSSR count). The zero-order valence-corrected chi connectivity index (χ0v) is 15.8. The lowest BCUT2D eigenvalue weighted by molar-refractivity contribution is -0.117. The van der Waals surface area contributed by atoms with Crippen molar-refractivity contribution in [2.45, 2.75) is 13.5 Å². The predicted molar refractivity (Wildman–Crippen MR) is 111 cm³/mol. The van der Waals surface area contributed by atoms with Gasteiger partial charge in [0.2, 0.25) is 0 Å². The van der Waals surface area contributed by atoms with Crippen LogP contribution < -0.4 is 11.1 Å². The van der Waals surface area contributed by atoms with Gasteiger partial charge in [0.25, 0.3) is 5.91 Å². The van der Waals surface area contributed by atoms with Crippen molar-refractivity contribution in [3.05, 3.63) is 78.3 Å². The number of nitrogens with two attached hydrogens (primary N) is 1. The van der Waals surface area contributed by atoms with Gasteiger partial charge in [-0.1, -0.05) is 30.8 Å². The molecule has 2 aromatic heterocycles. The first-order valence-electron chi connectivity index (χ1n) is 8.76. The highest BCUT2D eigenvalue weighted by Crippen LogP contribution is 2.16. The zero-order valence-electron chi connectivity index (χ0n) is 15.8. The number of fused-ring (bicyclic) bond motifs is 1. The lowest BCUT2D eigenvalue weighted by atomic mass is 10.1. The number of hydrogen-bond acceptors (Lipinski definition) is 5. The van der Waals surface area contributed by atoms with E-state index in [0.717, 1.165) is 16.5 Å². The molecule has 0 aliphatic carbocycles. The summed E-state index contributed by atoms with van der Waals surface area (Å²) < 4.78 is 1.40. The predicted octanol–water partition coefficient (Wildman–Crippen LogP) is 2.37. The number of hydrogen-bond donors (Lipinski definition) is 2. The summed E-state index contributed by atoms with van der Waals surface area (Å²) in [7, 11) is 0. The van der Waals surface area contributed by atoms with Gasteiger partial charge in [-0.2, -0.15) is 10.4 Å². The summed E-state index contributed by atoms with van der Waals surface area (Å²) in [5, 5.41) is 17.0. The summed E-state index contributed by atoms with van der Waals surface area (Å²) in [5.41, 5.74) is 7.95. The van der Waals surface area contributed by atoms with Crippen LogP contribution in [0.4, 0.5) is 0 Å². The second kappa shape index (κ2) is 8.63. The van der Waals surface area contributed by atoms with E-state index < -0.39 is 5.91 Å². The Morgan fingerprint density at radius 2 is 2.10 bits per heavy atom. The summed E-state index contributed by atoms with van der Waals surface area (Å²) in [4.78, 5) is 21.1. The van der Waals surface area contributed by atoms with Crippen LogP contribution >= 0.6 is 0 Å². The Balaban J connectivity index is 1.76.